The van der Waals surface area contributed by atoms with Crippen LogP contribution in [0.1, 0.15) is 13.8 Å². The lowest BCUT2D eigenvalue weighted by molar-refractivity contribution is -0.134. The first kappa shape index (κ1) is 10.5. The summed E-state index contributed by atoms with van der Waals surface area (Å²) in [6.45, 7) is 3.85. The molecule has 0 aliphatic rings. The van der Waals surface area contributed by atoms with Crippen molar-refractivity contribution < 1.29 is 19.2 Å². The van der Waals surface area contributed by atoms with E-state index in [1.165, 1.54) is 0 Å². The summed E-state index contributed by atoms with van der Waals surface area (Å²) in [5, 5.41) is 8.26. The van der Waals surface area contributed by atoms with Gasteiger partial charge in [0.1, 0.15) is 0 Å². The second-order valence-corrected chi connectivity index (χ2v) is 3.90. The normalized spacial score (nSPS) is 14.2. The van der Waals surface area contributed by atoms with E-state index in [2.05, 4.69) is 0 Å². The molecule has 0 aromatic carbocycles. The highest BCUT2D eigenvalue weighted by Gasteiger charge is 2.28. The van der Waals surface area contributed by atoms with Crippen LogP contribution in [0, 0.1) is 0 Å². The topological polar surface area (TPSA) is 63.6 Å². The lowest BCUT2D eigenvalue weighted by Gasteiger charge is -1.98. The van der Waals surface area contributed by atoms with Gasteiger partial charge in [0.15, 0.2) is 0 Å². The van der Waals surface area contributed by atoms with Gasteiger partial charge in [-0.05, 0) is 6.92 Å². The van der Waals surface area contributed by atoms with Crippen molar-refractivity contribution in [3.8, 4) is 0 Å². The van der Waals surface area contributed by atoms with E-state index < -0.39 is 19.6 Å². The van der Waals surface area contributed by atoms with Crippen LogP contribution in [0.3, 0.4) is 0 Å². The Kier molecular flexibility index (Phi) is 4.99. The zero-order valence-electron chi connectivity index (χ0n) is 6.61. The van der Waals surface area contributed by atoms with Gasteiger partial charge in [0.05, 0.1) is 0 Å². The number of carbonyl (C=O) groups is 1. The molecule has 0 aromatic rings. The molecule has 0 rings (SSSR count). The number of ether oxygens (including phenoxy) is 1. The minimum absolute atomic E-state index is 0.309. The highest BCUT2D eigenvalue weighted by molar-refractivity contribution is 7.46. The summed E-state index contributed by atoms with van der Waals surface area (Å²) in [5.74, 6) is -1.50. The Morgan fingerprint density at radius 3 is 2.64 bits per heavy atom. The number of aliphatic carboxylic acids is 1. The predicted octanol–water partition coefficient (Wildman–Crippen LogP) is 1.28. The zero-order chi connectivity index (χ0) is 8.85. The van der Waals surface area contributed by atoms with Crippen molar-refractivity contribution in [3.05, 3.63) is 0 Å². The van der Waals surface area contributed by atoms with Gasteiger partial charge in [-0.2, -0.15) is 0 Å². The number of carboxylic acid groups (broad SMARTS) is 1. The molecule has 5 heteroatoms. The van der Waals surface area contributed by atoms with Gasteiger partial charge >= 0.3 is 13.8 Å². The first-order chi connectivity index (χ1) is 5.07. The van der Waals surface area contributed by atoms with Crippen LogP contribution < -0.4 is 0 Å². The molecule has 0 aliphatic carbocycles. The fourth-order valence-electron chi connectivity index (χ4n) is 0.586. The fraction of sp³-hybridized carbons (Fsp3) is 0.833. The maximum absolute atomic E-state index is 11.0. The molecule has 11 heavy (non-hydrogen) atoms. The molecular formula is C6H12O4P+. The largest absolute Gasteiger partial charge is 0.478 e. The molecule has 0 bridgehead atoms. The summed E-state index contributed by atoms with van der Waals surface area (Å²) >= 11 is 0. The molecule has 4 nitrogen and oxygen atoms in total. The van der Waals surface area contributed by atoms with E-state index in [0.29, 0.717) is 6.61 Å². The van der Waals surface area contributed by atoms with Crippen LogP contribution in [0.25, 0.3) is 0 Å². The molecule has 0 aliphatic heterocycles. The molecule has 2 unspecified atom stereocenters. The van der Waals surface area contributed by atoms with Crippen molar-refractivity contribution in [2.45, 2.75) is 19.7 Å². The molecule has 0 radical (unpaired) electrons. The Morgan fingerprint density at radius 2 is 2.27 bits per heavy atom. The number of carboxylic acids is 1. The third kappa shape index (κ3) is 4.87. The van der Waals surface area contributed by atoms with Crippen molar-refractivity contribution in [2.24, 2.45) is 0 Å². The number of hydrogen-bond acceptors (Lipinski definition) is 3. The van der Waals surface area contributed by atoms with Gasteiger partial charge in [0, 0.05) is 13.5 Å². The molecule has 64 valence electrons. The van der Waals surface area contributed by atoms with Gasteiger partial charge in [-0.1, -0.05) is 4.57 Å². The predicted molar refractivity (Wildman–Crippen MR) is 41.2 cm³/mol. The highest BCUT2D eigenvalue weighted by atomic mass is 31.1. The lowest BCUT2D eigenvalue weighted by Crippen LogP contribution is -2.08. The minimum Gasteiger partial charge on any atom is -0.478 e. The van der Waals surface area contributed by atoms with E-state index in [4.69, 9.17) is 9.84 Å². The monoisotopic (exact) mass is 179 g/mol. The summed E-state index contributed by atoms with van der Waals surface area (Å²) in [6.07, 6.45) is -0.309. The minimum atomic E-state index is -1.76. The van der Waals surface area contributed by atoms with E-state index in [0.717, 1.165) is 0 Å². The number of rotatable bonds is 5. The maximum atomic E-state index is 11.0. The Bertz CT molecular complexity index is 157. The molecule has 2 atom stereocenters. The van der Waals surface area contributed by atoms with Crippen LogP contribution in [-0.4, -0.2) is 29.7 Å². The van der Waals surface area contributed by atoms with Gasteiger partial charge in [-0.25, -0.2) is 4.79 Å². The molecule has 0 amide bonds. The average molecular weight is 179 g/mol. The molecule has 1 N–H and O–H groups in total. The Balaban J connectivity index is 3.73. The Hall–Kier alpha value is -0.470. The molecule has 0 heterocycles. The quantitative estimate of drug-likeness (QED) is 0.645. The molecule has 0 spiro atoms. The van der Waals surface area contributed by atoms with Crippen LogP contribution in [-0.2, 0) is 14.1 Å². The van der Waals surface area contributed by atoms with E-state index in [1.807, 2.05) is 0 Å². The summed E-state index contributed by atoms with van der Waals surface area (Å²) in [6, 6.07) is 0. The first-order valence-electron chi connectivity index (χ1n) is 3.35. The SMILES string of the molecule is CCOC(C)[P+](=O)CC(=O)O. The summed E-state index contributed by atoms with van der Waals surface area (Å²) in [7, 11) is -1.76. The summed E-state index contributed by atoms with van der Waals surface area (Å²) in [5.41, 5.74) is 0. The fourth-order valence-corrected chi connectivity index (χ4v) is 1.43. The van der Waals surface area contributed by atoms with Crippen LogP contribution in [0.5, 0.6) is 0 Å². The second kappa shape index (κ2) is 5.22. The van der Waals surface area contributed by atoms with Gasteiger partial charge in [0.25, 0.3) is 5.85 Å². The molecule has 0 saturated heterocycles. The molecule has 0 fully saturated rings. The second-order valence-electron chi connectivity index (χ2n) is 2.02. The zero-order valence-corrected chi connectivity index (χ0v) is 7.51. The standard InChI is InChI=1S/C6H11O4P/c1-3-10-5(2)11(9)4-6(7)8/h5H,3-4H2,1-2H3/p+1. The molecule has 0 aromatic heterocycles. The smallest absolute Gasteiger partial charge is 0.381 e. The Morgan fingerprint density at radius 1 is 1.73 bits per heavy atom. The lowest BCUT2D eigenvalue weighted by atomic mass is 10.8. The molecular weight excluding hydrogens is 167 g/mol. The molecule has 0 saturated carbocycles. The highest BCUT2D eigenvalue weighted by Crippen LogP contribution is 2.27. The maximum Gasteiger partial charge on any atom is 0.381 e. The van der Waals surface area contributed by atoms with Crippen LogP contribution >= 0.6 is 7.80 Å². The van der Waals surface area contributed by atoms with Gasteiger partial charge < -0.3 is 9.84 Å². The van der Waals surface area contributed by atoms with Gasteiger partial charge in [-0.15, -0.1) is 0 Å². The third-order valence-electron chi connectivity index (χ3n) is 1.10. The van der Waals surface area contributed by atoms with Crippen molar-refractivity contribution in [2.75, 3.05) is 12.8 Å². The van der Waals surface area contributed by atoms with Crippen LogP contribution in [0.15, 0.2) is 0 Å². The van der Waals surface area contributed by atoms with Crippen molar-refractivity contribution in [1.82, 2.24) is 0 Å². The van der Waals surface area contributed by atoms with Gasteiger partial charge in [0.2, 0.25) is 6.16 Å². The van der Waals surface area contributed by atoms with E-state index in [-0.39, 0.29) is 6.16 Å². The average Bonchev–Trinajstić information content (AvgIpc) is 1.86. The van der Waals surface area contributed by atoms with Gasteiger partial charge in [-0.3, -0.25) is 0 Å². The van der Waals surface area contributed by atoms with Crippen molar-refractivity contribution >= 4 is 13.8 Å². The first-order valence-corrected chi connectivity index (χ1v) is 4.86. The van der Waals surface area contributed by atoms with E-state index in [9.17, 15) is 9.36 Å². The van der Waals surface area contributed by atoms with Crippen LogP contribution in [0.2, 0.25) is 0 Å². The van der Waals surface area contributed by atoms with Crippen LogP contribution in [0.4, 0.5) is 0 Å². The van der Waals surface area contributed by atoms with Crippen molar-refractivity contribution in [3.63, 3.8) is 0 Å². The summed E-state index contributed by atoms with van der Waals surface area (Å²) in [4.78, 5) is 10.1. The Labute approximate surface area is 66.3 Å². The third-order valence-corrected chi connectivity index (χ3v) is 2.65. The summed E-state index contributed by atoms with van der Waals surface area (Å²) < 4.78 is 15.9. The van der Waals surface area contributed by atoms with E-state index in [1.54, 1.807) is 13.8 Å². The van der Waals surface area contributed by atoms with E-state index >= 15 is 0 Å². The number of hydrogen-bond donors (Lipinski definition) is 1. The van der Waals surface area contributed by atoms with Crippen molar-refractivity contribution in [1.29, 1.82) is 0 Å².